The average Bonchev–Trinajstić information content (AvgIpc) is 2.49. The maximum atomic E-state index is 6.49. The van der Waals surface area contributed by atoms with Crippen molar-refractivity contribution >= 4 is 35.8 Å². The molecule has 0 aliphatic heterocycles. The van der Waals surface area contributed by atoms with Crippen LogP contribution in [0.2, 0.25) is 24.7 Å². The van der Waals surface area contributed by atoms with E-state index in [4.69, 9.17) is 16.0 Å². The van der Waals surface area contributed by atoms with Crippen LogP contribution in [0.4, 0.5) is 0 Å². The lowest BCUT2D eigenvalue weighted by atomic mass is 10.0. The molecule has 0 unspecified atom stereocenters. The minimum atomic E-state index is -1.53. The second-order valence-electron chi connectivity index (χ2n) is 6.78. The molecule has 124 valence electrons. The minimum absolute atomic E-state index is 0.613. The van der Waals surface area contributed by atoms with Crippen molar-refractivity contribution in [1.82, 2.24) is 0 Å². The Kier molecular flexibility index (Phi) is 6.49. The van der Waals surface area contributed by atoms with E-state index in [1.165, 1.54) is 11.1 Å². The van der Waals surface area contributed by atoms with Crippen molar-refractivity contribution in [3.05, 3.63) is 68.1 Å². The van der Waals surface area contributed by atoms with Gasteiger partial charge in [-0.3, -0.25) is 0 Å². The van der Waals surface area contributed by atoms with Crippen LogP contribution in [0.15, 0.2) is 40.9 Å². The first-order chi connectivity index (χ1) is 10.8. The van der Waals surface area contributed by atoms with E-state index in [-0.39, 0.29) is 0 Å². The average molecular weight is 412 g/mol. The zero-order valence-corrected chi connectivity index (χ0v) is 17.6. The standard InChI is InChI=1S/C19H24BrClOSi/c1-5-14-6-8-15(9-7-14)10-16-11-18(20)17(12-19(16)21)13-22-23(2,3)4/h6-9,11-12H,5,10,13H2,1-4H3. The van der Waals surface area contributed by atoms with Crippen LogP contribution in [0, 0.1) is 0 Å². The van der Waals surface area contributed by atoms with Gasteiger partial charge in [-0.1, -0.05) is 58.7 Å². The third kappa shape index (κ3) is 5.75. The van der Waals surface area contributed by atoms with Crippen molar-refractivity contribution in [2.24, 2.45) is 0 Å². The lowest BCUT2D eigenvalue weighted by Crippen LogP contribution is -2.24. The van der Waals surface area contributed by atoms with Gasteiger partial charge in [-0.25, -0.2) is 0 Å². The Morgan fingerprint density at radius 1 is 1.00 bits per heavy atom. The van der Waals surface area contributed by atoms with Gasteiger partial charge in [0.25, 0.3) is 0 Å². The molecule has 0 atom stereocenters. The van der Waals surface area contributed by atoms with Gasteiger partial charge >= 0.3 is 0 Å². The number of aryl methyl sites for hydroxylation is 1. The van der Waals surface area contributed by atoms with E-state index < -0.39 is 8.32 Å². The molecule has 4 heteroatoms. The summed E-state index contributed by atoms with van der Waals surface area (Å²) in [6.07, 6.45) is 1.91. The Hall–Kier alpha value is -0.613. The molecular formula is C19H24BrClOSi. The fourth-order valence-corrected chi connectivity index (χ4v) is 3.63. The Morgan fingerprint density at radius 3 is 2.17 bits per heavy atom. The summed E-state index contributed by atoms with van der Waals surface area (Å²) in [5.74, 6) is 0. The van der Waals surface area contributed by atoms with Crippen LogP contribution in [-0.4, -0.2) is 8.32 Å². The Morgan fingerprint density at radius 2 is 1.61 bits per heavy atom. The summed E-state index contributed by atoms with van der Waals surface area (Å²) in [6.45, 7) is 9.36. The van der Waals surface area contributed by atoms with Gasteiger partial charge in [0.05, 0.1) is 6.61 Å². The van der Waals surface area contributed by atoms with Gasteiger partial charge in [-0.15, -0.1) is 0 Å². The van der Waals surface area contributed by atoms with Crippen LogP contribution >= 0.6 is 27.5 Å². The lowest BCUT2D eigenvalue weighted by Gasteiger charge is -2.18. The molecule has 0 bridgehead atoms. The molecule has 2 aromatic carbocycles. The highest BCUT2D eigenvalue weighted by atomic mass is 79.9. The topological polar surface area (TPSA) is 9.23 Å². The fraction of sp³-hybridized carbons (Fsp3) is 0.368. The number of rotatable bonds is 6. The second-order valence-corrected chi connectivity index (χ2v) is 12.6. The van der Waals surface area contributed by atoms with E-state index in [1.54, 1.807) is 0 Å². The molecule has 0 spiro atoms. The van der Waals surface area contributed by atoms with Gasteiger partial charge in [0.2, 0.25) is 0 Å². The normalized spacial score (nSPS) is 11.7. The number of hydrogen-bond donors (Lipinski definition) is 0. The van der Waals surface area contributed by atoms with Crippen molar-refractivity contribution in [2.45, 2.75) is 46.0 Å². The first-order valence-electron chi connectivity index (χ1n) is 7.97. The molecule has 1 nitrogen and oxygen atoms in total. The minimum Gasteiger partial charge on any atom is -0.413 e. The fourth-order valence-electron chi connectivity index (χ4n) is 2.28. The van der Waals surface area contributed by atoms with Crippen LogP contribution in [0.3, 0.4) is 0 Å². The largest absolute Gasteiger partial charge is 0.413 e. The van der Waals surface area contributed by atoms with Crippen LogP contribution < -0.4 is 0 Å². The summed E-state index contributed by atoms with van der Waals surface area (Å²) in [4.78, 5) is 0. The lowest BCUT2D eigenvalue weighted by molar-refractivity contribution is 0.299. The molecule has 0 saturated carbocycles. The van der Waals surface area contributed by atoms with Gasteiger partial charge in [0.15, 0.2) is 8.32 Å². The Labute approximate surface area is 154 Å². The molecule has 2 aromatic rings. The van der Waals surface area contributed by atoms with E-state index >= 15 is 0 Å². The summed E-state index contributed by atoms with van der Waals surface area (Å²) in [5.41, 5.74) is 4.89. The van der Waals surface area contributed by atoms with Crippen LogP contribution in [0.1, 0.15) is 29.2 Å². The third-order valence-electron chi connectivity index (χ3n) is 3.70. The predicted octanol–water partition coefficient (Wildman–Crippen LogP) is 6.61. The van der Waals surface area contributed by atoms with Gasteiger partial charge in [-0.2, -0.15) is 0 Å². The van der Waals surface area contributed by atoms with Crippen molar-refractivity contribution in [2.75, 3.05) is 0 Å². The number of benzene rings is 2. The molecule has 0 aromatic heterocycles. The van der Waals surface area contributed by atoms with Crippen LogP contribution in [0.5, 0.6) is 0 Å². The number of hydrogen-bond acceptors (Lipinski definition) is 1. The summed E-state index contributed by atoms with van der Waals surface area (Å²) in [7, 11) is -1.53. The smallest absolute Gasteiger partial charge is 0.184 e. The van der Waals surface area contributed by atoms with Crippen LogP contribution in [0.25, 0.3) is 0 Å². The highest BCUT2D eigenvalue weighted by Crippen LogP contribution is 2.29. The van der Waals surface area contributed by atoms with E-state index in [1.807, 2.05) is 6.07 Å². The zero-order valence-electron chi connectivity index (χ0n) is 14.2. The first-order valence-corrected chi connectivity index (χ1v) is 12.5. The Bertz CT molecular complexity index is 662. The first kappa shape index (κ1) is 18.7. The summed E-state index contributed by atoms with van der Waals surface area (Å²) in [5, 5.41) is 0.807. The van der Waals surface area contributed by atoms with Crippen molar-refractivity contribution in [3.63, 3.8) is 0 Å². The maximum absolute atomic E-state index is 6.49. The molecular weight excluding hydrogens is 388 g/mol. The number of halogens is 2. The quantitative estimate of drug-likeness (QED) is 0.486. The monoisotopic (exact) mass is 410 g/mol. The van der Waals surface area contributed by atoms with Gasteiger partial charge in [0.1, 0.15) is 0 Å². The highest BCUT2D eigenvalue weighted by Gasteiger charge is 2.16. The highest BCUT2D eigenvalue weighted by molar-refractivity contribution is 9.10. The molecule has 0 aliphatic carbocycles. The molecule has 0 aliphatic rings. The van der Waals surface area contributed by atoms with E-state index in [0.29, 0.717) is 6.61 Å². The van der Waals surface area contributed by atoms with Crippen molar-refractivity contribution in [3.8, 4) is 0 Å². The van der Waals surface area contributed by atoms with Gasteiger partial charge in [-0.05, 0) is 66.9 Å². The summed E-state index contributed by atoms with van der Waals surface area (Å²) in [6, 6.07) is 12.9. The molecule has 0 heterocycles. The molecule has 0 amide bonds. The second kappa shape index (κ2) is 7.97. The maximum Gasteiger partial charge on any atom is 0.184 e. The molecule has 0 fully saturated rings. The molecule has 0 saturated heterocycles. The molecule has 0 radical (unpaired) electrons. The van der Waals surface area contributed by atoms with E-state index in [2.05, 4.69) is 72.8 Å². The summed E-state index contributed by atoms with van der Waals surface area (Å²) < 4.78 is 7.05. The molecule has 2 rings (SSSR count). The Balaban J connectivity index is 2.15. The molecule has 0 N–H and O–H groups in total. The van der Waals surface area contributed by atoms with Gasteiger partial charge in [0, 0.05) is 9.50 Å². The van der Waals surface area contributed by atoms with Crippen molar-refractivity contribution < 1.29 is 4.43 Å². The SMILES string of the molecule is CCc1ccc(Cc2cc(Br)c(CO[Si](C)(C)C)cc2Cl)cc1. The van der Waals surface area contributed by atoms with Crippen molar-refractivity contribution in [1.29, 1.82) is 0 Å². The molecule has 23 heavy (non-hydrogen) atoms. The van der Waals surface area contributed by atoms with E-state index in [0.717, 1.165) is 33.5 Å². The van der Waals surface area contributed by atoms with E-state index in [9.17, 15) is 0 Å². The van der Waals surface area contributed by atoms with Crippen LogP contribution in [-0.2, 0) is 23.9 Å². The third-order valence-corrected chi connectivity index (χ3v) is 5.80. The van der Waals surface area contributed by atoms with Gasteiger partial charge < -0.3 is 4.43 Å². The summed E-state index contributed by atoms with van der Waals surface area (Å²) >= 11 is 10.2. The predicted molar refractivity (Wildman–Crippen MR) is 106 cm³/mol. The zero-order chi connectivity index (χ0) is 17.0.